The Balaban J connectivity index is 2.32. The molecule has 0 amide bonds. The Labute approximate surface area is 124 Å². The highest BCUT2D eigenvalue weighted by Gasteiger charge is 2.23. The van der Waals surface area contributed by atoms with E-state index in [-0.39, 0.29) is 5.82 Å². The van der Waals surface area contributed by atoms with Crippen molar-refractivity contribution in [3.05, 3.63) is 69.5 Å². The summed E-state index contributed by atoms with van der Waals surface area (Å²) in [7, 11) is 0. The van der Waals surface area contributed by atoms with Crippen molar-refractivity contribution in [1.29, 1.82) is 0 Å². The van der Waals surface area contributed by atoms with Crippen molar-refractivity contribution in [2.24, 2.45) is 5.73 Å². The maximum atomic E-state index is 13.1. The quantitative estimate of drug-likeness (QED) is 0.884. The highest BCUT2D eigenvalue weighted by molar-refractivity contribution is 6.31. The molecule has 0 aromatic heterocycles. The summed E-state index contributed by atoms with van der Waals surface area (Å²) in [5.41, 5.74) is 10.3. The van der Waals surface area contributed by atoms with Crippen molar-refractivity contribution < 1.29 is 4.39 Å². The molecule has 0 fully saturated rings. The van der Waals surface area contributed by atoms with Crippen LogP contribution in [0.1, 0.15) is 29.2 Å². The highest BCUT2D eigenvalue weighted by atomic mass is 35.5. The van der Waals surface area contributed by atoms with Crippen LogP contribution in [0.15, 0.2) is 36.4 Å². The first-order chi connectivity index (χ1) is 9.29. The zero-order chi connectivity index (χ0) is 14.9. The van der Waals surface area contributed by atoms with Gasteiger partial charge in [0.15, 0.2) is 0 Å². The van der Waals surface area contributed by atoms with Gasteiger partial charge in [0.1, 0.15) is 5.82 Å². The Bertz CT molecular complexity index is 635. The molecule has 0 spiro atoms. The van der Waals surface area contributed by atoms with Crippen LogP contribution in [0.5, 0.6) is 0 Å². The van der Waals surface area contributed by atoms with Gasteiger partial charge >= 0.3 is 0 Å². The number of aryl methyl sites for hydroxylation is 2. The lowest BCUT2D eigenvalue weighted by Crippen LogP contribution is -2.35. The second kappa shape index (κ2) is 5.55. The molecule has 2 N–H and O–H groups in total. The van der Waals surface area contributed by atoms with E-state index in [0.29, 0.717) is 11.4 Å². The van der Waals surface area contributed by atoms with E-state index >= 15 is 0 Å². The number of hydrogen-bond donors (Lipinski definition) is 1. The van der Waals surface area contributed by atoms with Crippen molar-refractivity contribution in [2.75, 3.05) is 0 Å². The fourth-order valence-corrected chi connectivity index (χ4v) is 2.49. The normalized spacial score (nSPS) is 14.1. The number of hydrogen-bond acceptors (Lipinski definition) is 1. The van der Waals surface area contributed by atoms with Gasteiger partial charge < -0.3 is 5.73 Å². The molecule has 0 aliphatic rings. The minimum atomic E-state index is -0.542. The van der Waals surface area contributed by atoms with Crippen LogP contribution in [0.3, 0.4) is 0 Å². The van der Waals surface area contributed by atoms with Crippen LogP contribution in [0, 0.1) is 19.7 Å². The first-order valence-corrected chi connectivity index (χ1v) is 6.98. The van der Waals surface area contributed by atoms with Crippen LogP contribution >= 0.6 is 11.6 Å². The molecule has 2 rings (SSSR count). The van der Waals surface area contributed by atoms with Crippen molar-refractivity contribution in [2.45, 2.75) is 32.7 Å². The van der Waals surface area contributed by atoms with Crippen LogP contribution < -0.4 is 5.73 Å². The predicted molar refractivity (Wildman–Crippen MR) is 82.6 cm³/mol. The van der Waals surface area contributed by atoms with E-state index in [2.05, 4.69) is 26.0 Å². The number of halogens is 2. The third-order valence-electron chi connectivity index (χ3n) is 3.74. The fraction of sp³-hybridized carbons (Fsp3) is 0.294. The molecule has 0 aliphatic heterocycles. The van der Waals surface area contributed by atoms with Crippen molar-refractivity contribution >= 4 is 11.6 Å². The maximum absolute atomic E-state index is 13.1. The van der Waals surface area contributed by atoms with Crippen molar-refractivity contribution in [1.82, 2.24) is 0 Å². The zero-order valence-corrected chi connectivity index (χ0v) is 12.8. The molecule has 2 aromatic rings. The molecule has 1 atom stereocenters. The number of nitrogens with two attached hydrogens (primary N) is 1. The molecular weight excluding hydrogens is 273 g/mol. The number of rotatable bonds is 3. The summed E-state index contributed by atoms with van der Waals surface area (Å²) in [5, 5.41) is 0.422. The van der Waals surface area contributed by atoms with E-state index in [1.54, 1.807) is 6.07 Å². The summed E-state index contributed by atoms with van der Waals surface area (Å²) in [5.74, 6) is -0.330. The third kappa shape index (κ3) is 3.20. The van der Waals surface area contributed by atoms with Crippen LogP contribution in [0.4, 0.5) is 4.39 Å². The molecule has 0 saturated carbocycles. The summed E-state index contributed by atoms with van der Waals surface area (Å²) in [6, 6.07) is 10.7. The second-order valence-electron chi connectivity index (χ2n) is 5.63. The monoisotopic (exact) mass is 291 g/mol. The van der Waals surface area contributed by atoms with Crippen molar-refractivity contribution in [3.8, 4) is 0 Å². The molecule has 1 nitrogen and oxygen atoms in total. The van der Waals surface area contributed by atoms with E-state index < -0.39 is 5.54 Å². The minimum absolute atomic E-state index is 0.330. The third-order valence-corrected chi connectivity index (χ3v) is 4.09. The molecule has 3 heteroatoms. The second-order valence-corrected chi connectivity index (χ2v) is 6.04. The van der Waals surface area contributed by atoms with E-state index in [0.717, 1.165) is 11.1 Å². The summed E-state index contributed by atoms with van der Waals surface area (Å²) in [6.45, 7) is 6.11. The lowest BCUT2D eigenvalue weighted by atomic mass is 9.85. The standard InChI is InChI=1S/C17H19ClFN/c1-11-4-6-14(8-12(11)2)17(3,20)10-13-5-7-15(19)9-16(13)18/h4-9H,10,20H2,1-3H3. The van der Waals surface area contributed by atoms with Gasteiger partial charge in [-0.25, -0.2) is 4.39 Å². The fourth-order valence-electron chi connectivity index (χ4n) is 2.26. The lowest BCUT2D eigenvalue weighted by molar-refractivity contribution is 0.490. The smallest absolute Gasteiger partial charge is 0.124 e. The predicted octanol–water partition coefficient (Wildman–Crippen LogP) is 4.51. The molecule has 1 unspecified atom stereocenters. The molecule has 0 aliphatic carbocycles. The van der Waals surface area contributed by atoms with Gasteiger partial charge in [0.2, 0.25) is 0 Å². The van der Waals surface area contributed by atoms with Gasteiger partial charge in [-0.3, -0.25) is 0 Å². The van der Waals surface area contributed by atoms with Crippen molar-refractivity contribution in [3.63, 3.8) is 0 Å². The Kier molecular flexibility index (Phi) is 4.17. The topological polar surface area (TPSA) is 26.0 Å². The molecule has 0 saturated heterocycles. The number of benzene rings is 2. The summed E-state index contributed by atoms with van der Waals surface area (Å²) in [4.78, 5) is 0. The Hall–Kier alpha value is -1.38. The van der Waals surface area contributed by atoms with Gasteiger partial charge in [-0.05, 0) is 61.6 Å². The summed E-state index contributed by atoms with van der Waals surface area (Å²) >= 11 is 6.08. The Morgan fingerprint density at radius 3 is 2.40 bits per heavy atom. The van der Waals surface area contributed by atoms with Gasteiger partial charge in [0, 0.05) is 10.6 Å². The average Bonchev–Trinajstić information content (AvgIpc) is 2.36. The molecule has 0 heterocycles. The Morgan fingerprint density at radius 1 is 1.10 bits per heavy atom. The maximum Gasteiger partial charge on any atom is 0.124 e. The minimum Gasteiger partial charge on any atom is -0.321 e. The van der Waals surface area contributed by atoms with E-state index in [4.69, 9.17) is 17.3 Å². The highest BCUT2D eigenvalue weighted by Crippen LogP contribution is 2.28. The summed E-state index contributed by atoms with van der Waals surface area (Å²) < 4.78 is 13.1. The summed E-state index contributed by atoms with van der Waals surface area (Å²) in [6.07, 6.45) is 0.564. The zero-order valence-electron chi connectivity index (χ0n) is 12.0. The molecular formula is C17H19ClFN. The van der Waals surface area contributed by atoms with Crippen LogP contribution in [0.25, 0.3) is 0 Å². The van der Waals surface area contributed by atoms with Crippen LogP contribution in [0.2, 0.25) is 5.02 Å². The van der Waals surface area contributed by atoms with Gasteiger partial charge in [-0.15, -0.1) is 0 Å². The van der Waals surface area contributed by atoms with Crippen LogP contribution in [-0.4, -0.2) is 0 Å². The molecule has 0 bridgehead atoms. The first-order valence-electron chi connectivity index (χ1n) is 6.60. The average molecular weight is 292 g/mol. The van der Waals surface area contributed by atoms with Gasteiger partial charge in [-0.2, -0.15) is 0 Å². The SMILES string of the molecule is Cc1ccc(C(C)(N)Cc2ccc(F)cc2Cl)cc1C. The first kappa shape index (κ1) is 15.0. The van der Waals surface area contributed by atoms with E-state index in [1.165, 1.54) is 23.3 Å². The van der Waals surface area contributed by atoms with Gasteiger partial charge in [-0.1, -0.05) is 35.9 Å². The van der Waals surface area contributed by atoms with Gasteiger partial charge in [0.25, 0.3) is 0 Å². The molecule has 0 radical (unpaired) electrons. The molecule has 2 aromatic carbocycles. The molecule has 20 heavy (non-hydrogen) atoms. The lowest BCUT2D eigenvalue weighted by Gasteiger charge is -2.26. The van der Waals surface area contributed by atoms with Gasteiger partial charge in [0.05, 0.1) is 0 Å². The Morgan fingerprint density at radius 2 is 1.80 bits per heavy atom. The van der Waals surface area contributed by atoms with E-state index in [1.807, 2.05) is 13.0 Å². The van der Waals surface area contributed by atoms with E-state index in [9.17, 15) is 4.39 Å². The largest absolute Gasteiger partial charge is 0.321 e. The van der Waals surface area contributed by atoms with Crippen LogP contribution in [-0.2, 0) is 12.0 Å². The molecule has 106 valence electrons.